The van der Waals surface area contributed by atoms with Gasteiger partial charge in [0.2, 0.25) is 0 Å². The predicted molar refractivity (Wildman–Crippen MR) is 118 cm³/mol. The van der Waals surface area contributed by atoms with Gasteiger partial charge in [0.1, 0.15) is 6.61 Å². The third kappa shape index (κ3) is 6.72. The molecule has 0 aliphatic heterocycles. The number of nitrogens with two attached hydrogens (primary N) is 1. The monoisotopic (exact) mass is 404 g/mol. The molecule has 0 heterocycles. The minimum atomic E-state index is -0.787. The molecular weight excluding hydrogens is 376 g/mol. The highest BCUT2D eigenvalue weighted by Crippen LogP contribution is 2.21. The van der Waals surface area contributed by atoms with Crippen LogP contribution in [0.25, 0.3) is 0 Å². The van der Waals surface area contributed by atoms with Gasteiger partial charge in [0.05, 0.1) is 12.1 Å². The zero-order chi connectivity index (χ0) is 21.2. The number of carbonyl (C=O) groups is 1. The predicted octanol–water partition coefficient (Wildman–Crippen LogP) is 3.98. The molecule has 3 aromatic carbocycles. The number of benzene rings is 3. The van der Waals surface area contributed by atoms with Crippen LogP contribution in [-0.2, 0) is 17.8 Å². The Morgan fingerprint density at radius 3 is 2.00 bits per heavy atom. The summed E-state index contributed by atoms with van der Waals surface area (Å²) in [6.07, 6.45) is -0.471. The van der Waals surface area contributed by atoms with Gasteiger partial charge < -0.3 is 20.9 Å². The Hall–Kier alpha value is -3.15. The van der Waals surface area contributed by atoms with Crippen molar-refractivity contribution in [3.8, 4) is 0 Å². The summed E-state index contributed by atoms with van der Waals surface area (Å²) in [5.41, 5.74) is 9.11. The zero-order valence-corrected chi connectivity index (χ0v) is 16.9. The Kier molecular flexibility index (Phi) is 8.01. The van der Waals surface area contributed by atoms with E-state index in [2.05, 4.69) is 5.32 Å². The summed E-state index contributed by atoms with van der Waals surface area (Å²) in [6, 6.07) is 28.0. The van der Waals surface area contributed by atoms with Gasteiger partial charge in [-0.25, -0.2) is 4.79 Å². The fraction of sp³-hybridized carbons (Fsp3) is 0.240. The second-order valence-corrected chi connectivity index (χ2v) is 7.33. The SMILES string of the molecule is NC(Cc1ccccc1)C(O)CC(NC(=O)OCc1ccccc1)c1ccccc1. The molecule has 30 heavy (non-hydrogen) atoms. The van der Waals surface area contributed by atoms with Crippen molar-refractivity contribution in [3.05, 3.63) is 108 Å². The van der Waals surface area contributed by atoms with E-state index in [9.17, 15) is 9.90 Å². The van der Waals surface area contributed by atoms with Crippen LogP contribution in [0.15, 0.2) is 91.0 Å². The van der Waals surface area contributed by atoms with E-state index in [1.165, 1.54) is 0 Å². The van der Waals surface area contributed by atoms with Crippen molar-refractivity contribution in [1.29, 1.82) is 0 Å². The van der Waals surface area contributed by atoms with E-state index in [1.54, 1.807) is 0 Å². The first-order valence-electron chi connectivity index (χ1n) is 10.1. The number of nitrogens with one attached hydrogen (secondary N) is 1. The van der Waals surface area contributed by atoms with E-state index in [4.69, 9.17) is 10.5 Å². The molecule has 3 rings (SSSR count). The average molecular weight is 405 g/mol. The van der Waals surface area contributed by atoms with Gasteiger partial charge in [-0.15, -0.1) is 0 Å². The Labute approximate surface area is 177 Å². The fourth-order valence-corrected chi connectivity index (χ4v) is 3.31. The summed E-state index contributed by atoms with van der Waals surface area (Å²) in [5.74, 6) is 0. The number of aliphatic hydroxyl groups is 1. The van der Waals surface area contributed by atoms with Crippen molar-refractivity contribution in [2.75, 3.05) is 0 Å². The Balaban J connectivity index is 1.61. The van der Waals surface area contributed by atoms with Crippen molar-refractivity contribution < 1.29 is 14.6 Å². The van der Waals surface area contributed by atoms with E-state index in [-0.39, 0.29) is 6.61 Å². The van der Waals surface area contributed by atoms with Crippen LogP contribution in [0.2, 0.25) is 0 Å². The second-order valence-electron chi connectivity index (χ2n) is 7.33. The number of alkyl carbamates (subject to hydrolysis) is 1. The van der Waals surface area contributed by atoms with E-state index < -0.39 is 24.3 Å². The first-order valence-corrected chi connectivity index (χ1v) is 10.1. The molecule has 0 radical (unpaired) electrons. The summed E-state index contributed by atoms with van der Waals surface area (Å²) < 4.78 is 5.35. The molecule has 0 spiro atoms. The molecule has 1 amide bonds. The van der Waals surface area contributed by atoms with Crippen LogP contribution in [0, 0.1) is 0 Å². The van der Waals surface area contributed by atoms with Crippen LogP contribution >= 0.6 is 0 Å². The number of carbonyl (C=O) groups excluding carboxylic acids is 1. The molecule has 0 saturated heterocycles. The summed E-state index contributed by atoms with van der Waals surface area (Å²) in [7, 11) is 0. The molecule has 156 valence electrons. The van der Waals surface area contributed by atoms with E-state index >= 15 is 0 Å². The molecule has 0 aromatic heterocycles. The number of aliphatic hydroxyl groups excluding tert-OH is 1. The third-order valence-corrected chi connectivity index (χ3v) is 4.99. The van der Waals surface area contributed by atoms with Crippen LogP contribution in [0.4, 0.5) is 4.79 Å². The molecule has 5 nitrogen and oxygen atoms in total. The fourth-order valence-electron chi connectivity index (χ4n) is 3.31. The number of ether oxygens (including phenoxy) is 1. The smallest absolute Gasteiger partial charge is 0.407 e. The van der Waals surface area contributed by atoms with Crippen molar-refractivity contribution in [2.24, 2.45) is 5.73 Å². The Morgan fingerprint density at radius 1 is 0.867 bits per heavy atom. The number of amides is 1. The minimum Gasteiger partial charge on any atom is -0.445 e. The van der Waals surface area contributed by atoms with E-state index in [0.717, 1.165) is 16.7 Å². The summed E-state index contributed by atoms with van der Waals surface area (Å²) in [4.78, 5) is 12.4. The molecule has 3 unspecified atom stereocenters. The molecule has 0 aliphatic carbocycles. The molecule has 0 saturated carbocycles. The normalized spacial score (nSPS) is 13.8. The van der Waals surface area contributed by atoms with Gasteiger partial charge in [-0.2, -0.15) is 0 Å². The topological polar surface area (TPSA) is 84.6 Å². The van der Waals surface area contributed by atoms with E-state index in [1.807, 2.05) is 91.0 Å². The maximum Gasteiger partial charge on any atom is 0.407 e. The second kappa shape index (κ2) is 11.1. The van der Waals surface area contributed by atoms with Crippen LogP contribution in [0.3, 0.4) is 0 Å². The van der Waals surface area contributed by atoms with Gasteiger partial charge in [-0.05, 0) is 29.5 Å². The zero-order valence-electron chi connectivity index (χ0n) is 16.9. The molecule has 0 fully saturated rings. The highest BCUT2D eigenvalue weighted by molar-refractivity contribution is 5.68. The van der Waals surface area contributed by atoms with Crippen LogP contribution in [0.1, 0.15) is 29.2 Å². The highest BCUT2D eigenvalue weighted by Gasteiger charge is 2.23. The van der Waals surface area contributed by atoms with Gasteiger partial charge in [0, 0.05) is 6.04 Å². The molecule has 3 aromatic rings. The lowest BCUT2D eigenvalue weighted by Gasteiger charge is -2.25. The van der Waals surface area contributed by atoms with Gasteiger partial charge in [-0.1, -0.05) is 91.0 Å². The largest absolute Gasteiger partial charge is 0.445 e. The van der Waals surface area contributed by atoms with Crippen LogP contribution in [-0.4, -0.2) is 23.3 Å². The van der Waals surface area contributed by atoms with Gasteiger partial charge in [0.25, 0.3) is 0 Å². The number of rotatable bonds is 9. The molecule has 3 atom stereocenters. The van der Waals surface area contributed by atoms with Crippen molar-refractivity contribution in [3.63, 3.8) is 0 Å². The first-order chi connectivity index (χ1) is 14.6. The summed E-state index contributed by atoms with van der Waals surface area (Å²) >= 11 is 0. The molecule has 0 aliphatic rings. The third-order valence-electron chi connectivity index (χ3n) is 4.99. The highest BCUT2D eigenvalue weighted by atomic mass is 16.5. The Bertz CT molecular complexity index is 888. The number of hydrogen-bond donors (Lipinski definition) is 3. The Morgan fingerprint density at radius 2 is 1.40 bits per heavy atom. The quantitative estimate of drug-likeness (QED) is 0.504. The molecular formula is C25H28N2O3. The van der Waals surface area contributed by atoms with Crippen molar-refractivity contribution >= 4 is 6.09 Å². The van der Waals surface area contributed by atoms with Crippen LogP contribution < -0.4 is 11.1 Å². The van der Waals surface area contributed by atoms with Gasteiger partial charge >= 0.3 is 6.09 Å². The standard InChI is InChI=1S/C25H28N2O3/c26-22(16-19-10-4-1-5-11-19)24(28)17-23(21-14-8-3-9-15-21)27-25(29)30-18-20-12-6-2-7-13-20/h1-15,22-24,28H,16-18,26H2,(H,27,29). The lowest BCUT2D eigenvalue weighted by Crippen LogP contribution is -2.40. The molecule has 0 bridgehead atoms. The molecule has 5 heteroatoms. The van der Waals surface area contributed by atoms with Gasteiger partial charge in [0.15, 0.2) is 0 Å². The number of hydrogen-bond acceptors (Lipinski definition) is 4. The average Bonchev–Trinajstić information content (AvgIpc) is 2.79. The van der Waals surface area contributed by atoms with Crippen LogP contribution in [0.5, 0.6) is 0 Å². The summed E-state index contributed by atoms with van der Waals surface area (Å²) in [6.45, 7) is 0.185. The maximum atomic E-state index is 12.4. The van der Waals surface area contributed by atoms with E-state index in [0.29, 0.717) is 12.8 Å². The van der Waals surface area contributed by atoms with Crippen molar-refractivity contribution in [2.45, 2.75) is 37.6 Å². The van der Waals surface area contributed by atoms with Gasteiger partial charge in [-0.3, -0.25) is 0 Å². The first kappa shape index (κ1) is 21.6. The lowest BCUT2D eigenvalue weighted by molar-refractivity contribution is 0.109. The summed E-state index contributed by atoms with van der Waals surface area (Å²) in [5, 5.41) is 13.6. The maximum absolute atomic E-state index is 12.4. The van der Waals surface area contributed by atoms with Crippen molar-refractivity contribution in [1.82, 2.24) is 5.32 Å². The molecule has 4 N–H and O–H groups in total. The lowest BCUT2D eigenvalue weighted by atomic mass is 9.94. The minimum absolute atomic E-state index is 0.185.